The number of nitrogens with two attached hydrogens (primary N) is 2. The van der Waals surface area contributed by atoms with Gasteiger partial charge in [0.05, 0.1) is 0 Å². The highest BCUT2D eigenvalue weighted by Crippen LogP contribution is 2.33. The molecule has 1 saturated heterocycles. The number of hydrogen-bond acceptors (Lipinski definition) is 4. The van der Waals surface area contributed by atoms with E-state index in [1.807, 2.05) is 29.4 Å². The monoisotopic (exact) mass is 295 g/mol. The molecule has 19 heavy (non-hydrogen) atoms. The average Bonchev–Trinajstić information content (AvgIpc) is 2.86. The van der Waals surface area contributed by atoms with E-state index in [2.05, 4.69) is 0 Å². The summed E-state index contributed by atoms with van der Waals surface area (Å²) in [6, 6.07) is 5.64. The normalized spacial score (nSPS) is 18.6. The van der Waals surface area contributed by atoms with E-state index >= 15 is 0 Å². The predicted octanol–water partition coefficient (Wildman–Crippen LogP) is 1.50. The van der Waals surface area contributed by atoms with Gasteiger partial charge in [-0.1, -0.05) is 18.3 Å². The zero-order chi connectivity index (χ0) is 14.0. The van der Waals surface area contributed by atoms with Gasteiger partial charge in [-0.2, -0.15) is 0 Å². The first-order valence-corrected chi connectivity index (χ1v) is 7.72. The van der Waals surface area contributed by atoms with Crippen LogP contribution in [-0.4, -0.2) is 29.7 Å². The first-order chi connectivity index (χ1) is 9.06. The van der Waals surface area contributed by atoms with Crippen LogP contribution in [0.2, 0.25) is 0 Å². The molecule has 1 amide bonds. The molecule has 0 spiro atoms. The number of anilines is 1. The van der Waals surface area contributed by atoms with Gasteiger partial charge >= 0.3 is 0 Å². The van der Waals surface area contributed by atoms with Gasteiger partial charge in [0.25, 0.3) is 0 Å². The van der Waals surface area contributed by atoms with E-state index in [-0.39, 0.29) is 11.9 Å². The summed E-state index contributed by atoms with van der Waals surface area (Å²) in [4.78, 5) is 14.9. The fraction of sp³-hybridized carbons (Fsp3) is 0.385. The van der Waals surface area contributed by atoms with Gasteiger partial charge in [0, 0.05) is 22.7 Å². The van der Waals surface area contributed by atoms with Crippen LogP contribution in [0.3, 0.4) is 0 Å². The van der Waals surface area contributed by atoms with E-state index in [0.29, 0.717) is 4.99 Å². The molecule has 2 rings (SSSR count). The summed E-state index contributed by atoms with van der Waals surface area (Å²) in [6.07, 6.45) is 3.72. The molecule has 1 aromatic rings. The number of carbonyl (C=O) groups is 1. The van der Waals surface area contributed by atoms with Crippen LogP contribution in [0.15, 0.2) is 23.1 Å². The SMILES string of the molecule is CSc1cccc(N2CCCC2C(N)=O)c1C(N)=S. The number of thiocarbonyl (C=S) groups is 1. The summed E-state index contributed by atoms with van der Waals surface area (Å²) in [7, 11) is 0. The van der Waals surface area contributed by atoms with Gasteiger partial charge in [-0.25, -0.2) is 0 Å². The summed E-state index contributed by atoms with van der Waals surface area (Å²) in [5.74, 6) is -0.291. The van der Waals surface area contributed by atoms with Gasteiger partial charge in [0.1, 0.15) is 11.0 Å². The van der Waals surface area contributed by atoms with Crippen LogP contribution in [0.25, 0.3) is 0 Å². The van der Waals surface area contributed by atoms with Crippen molar-refractivity contribution >= 4 is 40.6 Å². The second kappa shape index (κ2) is 5.79. The molecule has 4 nitrogen and oxygen atoms in total. The summed E-state index contributed by atoms with van der Waals surface area (Å²) in [5.41, 5.74) is 13.1. The van der Waals surface area contributed by atoms with E-state index in [0.717, 1.165) is 35.5 Å². The van der Waals surface area contributed by atoms with Gasteiger partial charge in [-0.05, 0) is 31.2 Å². The Morgan fingerprint density at radius 1 is 1.47 bits per heavy atom. The van der Waals surface area contributed by atoms with Crippen molar-refractivity contribution in [3.05, 3.63) is 23.8 Å². The number of benzene rings is 1. The van der Waals surface area contributed by atoms with Crippen molar-refractivity contribution in [2.24, 2.45) is 11.5 Å². The van der Waals surface area contributed by atoms with Crippen LogP contribution < -0.4 is 16.4 Å². The molecule has 102 valence electrons. The third-order valence-corrected chi connectivity index (χ3v) is 4.35. The van der Waals surface area contributed by atoms with Gasteiger partial charge in [0.2, 0.25) is 5.91 Å². The number of rotatable bonds is 4. The molecule has 0 bridgehead atoms. The molecule has 0 radical (unpaired) electrons. The van der Waals surface area contributed by atoms with Crippen LogP contribution >= 0.6 is 24.0 Å². The minimum atomic E-state index is -0.291. The van der Waals surface area contributed by atoms with Crippen molar-refractivity contribution in [2.75, 3.05) is 17.7 Å². The zero-order valence-corrected chi connectivity index (χ0v) is 12.4. The van der Waals surface area contributed by atoms with Crippen molar-refractivity contribution in [3.8, 4) is 0 Å². The third kappa shape index (κ3) is 2.69. The lowest BCUT2D eigenvalue weighted by Crippen LogP contribution is -2.41. The lowest BCUT2D eigenvalue weighted by Gasteiger charge is -2.27. The van der Waals surface area contributed by atoms with Crippen LogP contribution in [-0.2, 0) is 4.79 Å². The molecule has 1 fully saturated rings. The van der Waals surface area contributed by atoms with Crippen LogP contribution in [0.4, 0.5) is 5.69 Å². The van der Waals surface area contributed by atoms with Crippen molar-refractivity contribution in [1.29, 1.82) is 0 Å². The number of primary amides is 1. The van der Waals surface area contributed by atoms with E-state index in [1.165, 1.54) is 0 Å². The largest absolute Gasteiger partial charge is 0.389 e. The van der Waals surface area contributed by atoms with Gasteiger partial charge in [-0.15, -0.1) is 11.8 Å². The first-order valence-electron chi connectivity index (χ1n) is 6.09. The molecule has 1 aromatic carbocycles. The molecule has 0 aliphatic carbocycles. The third-order valence-electron chi connectivity index (χ3n) is 3.36. The van der Waals surface area contributed by atoms with E-state index < -0.39 is 0 Å². The molecule has 6 heteroatoms. The topological polar surface area (TPSA) is 72.3 Å². The maximum Gasteiger partial charge on any atom is 0.240 e. The minimum absolute atomic E-state index is 0.259. The Balaban J connectivity index is 2.50. The average molecular weight is 295 g/mol. The Hall–Kier alpha value is -1.27. The molecule has 1 atom stereocenters. The fourth-order valence-electron chi connectivity index (χ4n) is 2.53. The number of thioether (sulfide) groups is 1. The van der Waals surface area contributed by atoms with E-state index in [9.17, 15) is 4.79 Å². The van der Waals surface area contributed by atoms with E-state index in [1.54, 1.807) is 11.8 Å². The Morgan fingerprint density at radius 3 is 2.79 bits per heavy atom. The standard InChI is InChI=1S/C13H17N3OS2/c1-19-10-6-2-4-8(11(10)13(15)18)16-7-3-5-9(16)12(14)17/h2,4,6,9H,3,5,7H2,1H3,(H2,14,17)(H2,15,18). The Labute approximate surface area is 122 Å². The van der Waals surface area contributed by atoms with Crippen LogP contribution in [0.1, 0.15) is 18.4 Å². The Bertz CT molecular complexity index is 519. The molecule has 4 N–H and O–H groups in total. The highest BCUT2D eigenvalue weighted by molar-refractivity contribution is 7.98. The highest BCUT2D eigenvalue weighted by atomic mass is 32.2. The lowest BCUT2D eigenvalue weighted by molar-refractivity contribution is -0.119. The van der Waals surface area contributed by atoms with Crippen molar-refractivity contribution < 1.29 is 4.79 Å². The fourth-order valence-corrected chi connectivity index (χ4v) is 3.44. The Morgan fingerprint density at radius 2 is 2.21 bits per heavy atom. The lowest BCUT2D eigenvalue weighted by atomic mass is 10.1. The smallest absolute Gasteiger partial charge is 0.240 e. The molecule has 1 heterocycles. The van der Waals surface area contributed by atoms with Crippen molar-refractivity contribution in [1.82, 2.24) is 0 Å². The van der Waals surface area contributed by atoms with Crippen molar-refractivity contribution in [3.63, 3.8) is 0 Å². The molecule has 1 aliphatic rings. The second-order valence-electron chi connectivity index (χ2n) is 4.47. The first kappa shape index (κ1) is 14.1. The zero-order valence-electron chi connectivity index (χ0n) is 10.8. The number of amides is 1. The highest BCUT2D eigenvalue weighted by Gasteiger charge is 2.31. The van der Waals surface area contributed by atoms with E-state index in [4.69, 9.17) is 23.7 Å². The van der Waals surface area contributed by atoms with Crippen LogP contribution in [0.5, 0.6) is 0 Å². The van der Waals surface area contributed by atoms with Gasteiger partial charge in [-0.3, -0.25) is 4.79 Å². The molecule has 0 saturated carbocycles. The number of hydrogen-bond donors (Lipinski definition) is 2. The maximum absolute atomic E-state index is 11.5. The molecule has 1 aliphatic heterocycles. The predicted molar refractivity (Wildman–Crippen MR) is 83.7 cm³/mol. The second-order valence-corrected chi connectivity index (χ2v) is 5.76. The van der Waals surface area contributed by atoms with Crippen LogP contribution in [0, 0.1) is 0 Å². The Kier molecular flexibility index (Phi) is 4.31. The quantitative estimate of drug-likeness (QED) is 0.650. The molecule has 0 aromatic heterocycles. The number of carbonyl (C=O) groups excluding carboxylic acids is 1. The number of nitrogens with zero attached hydrogens (tertiary/aromatic N) is 1. The maximum atomic E-state index is 11.5. The minimum Gasteiger partial charge on any atom is -0.389 e. The summed E-state index contributed by atoms with van der Waals surface area (Å²) < 4.78 is 0. The summed E-state index contributed by atoms with van der Waals surface area (Å²) >= 11 is 6.76. The molecule has 1 unspecified atom stereocenters. The van der Waals surface area contributed by atoms with Gasteiger partial charge in [0.15, 0.2) is 0 Å². The van der Waals surface area contributed by atoms with Gasteiger partial charge < -0.3 is 16.4 Å². The molecular weight excluding hydrogens is 278 g/mol. The summed E-state index contributed by atoms with van der Waals surface area (Å²) in [5, 5.41) is 0. The summed E-state index contributed by atoms with van der Waals surface area (Å²) in [6.45, 7) is 0.807. The van der Waals surface area contributed by atoms with Crippen molar-refractivity contribution in [2.45, 2.75) is 23.8 Å². The molecular formula is C13H17N3OS2.